The first-order chi connectivity index (χ1) is 15.2. The molecule has 0 amide bonds. The highest BCUT2D eigenvalue weighted by Crippen LogP contribution is 2.43. The molecule has 3 N–H and O–H groups in total. The first-order valence-electron chi connectivity index (χ1n) is 10.7. The molecule has 1 aliphatic rings. The molecular formula is C23H27N5O3S. The number of hydrogen-bond acceptors (Lipinski definition) is 8. The van der Waals surface area contributed by atoms with Crippen LogP contribution in [0.1, 0.15) is 49.0 Å². The molecule has 1 aliphatic carbocycles. The molecule has 0 radical (unpaired) electrons. The predicted molar refractivity (Wildman–Crippen MR) is 123 cm³/mol. The molecule has 8 nitrogen and oxygen atoms in total. The van der Waals surface area contributed by atoms with Crippen LogP contribution in [-0.4, -0.2) is 36.1 Å². The Morgan fingerprint density at radius 1 is 1.12 bits per heavy atom. The number of aliphatic carboxylic acids is 1. The number of nitrogens with one attached hydrogen (secondary N) is 1. The number of rotatable bonds is 6. The normalized spacial score (nSPS) is 20.5. The van der Waals surface area contributed by atoms with Crippen LogP contribution in [0.2, 0.25) is 0 Å². The Bertz CT molecular complexity index is 1120. The second-order valence-corrected chi connectivity index (χ2v) is 9.62. The summed E-state index contributed by atoms with van der Waals surface area (Å²) >= 11 is 1.42. The summed E-state index contributed by atoms with van der Waals surface area (Å²) in [4.78, 5) is 29.9. The van der Waals surface area contributed by atoms with E-state index in [2.05, 4.69) is 25.3 Å². The van der Waals surface area contributed by atoms with Crippen molar-refractivity contribution in [3.8, 4) is 10.6 Å². The lowest BCUT2D eigenvalue weighted by molar-refractivity contribution is -0.144. The molecule has 0 aliphatic heterocycles. The number of hydrogen-bond donors (Lipinski definition) is 3. The maximum Gasteiger partial charge on any atom is 0.306 e. The van der Waals surface area contributed by atoms with Gasteiger partial charge in [0.15, 0.2) is 0 Å². The SMILES string of the molecule is Cc1cc(Nc2nccc(C)n2)cc(-c2cnc([C@@](C)(O)[C@H]3CC[C@H](C(=O)O)CC3)s2)n1. The standard InChI is InChI=1S/C23H27N5O3S/c1-13-8-9-24-22(27-13)28-17-10-14(2)26-18(11-17)19-12-25-21(32-19)23(3,31)16-6-4-15(5-7-16)20(29)30/h8-12,15-16,31H,4-7H2,1-3H3,(H,29,30)(H,24,26,27,28)/t15-,16-,23-/m0/s1. The van der Waals surface area contributed by atoms with Crippen molar-refractivity contribution in [3.63, 3.8) is 0 Å². The number of carboxylic acid groups (broad SMARTS) is 1. The molecule has 0 saturated heterocycles. The van der Waals surface area contributed by atoms with Gasteiger partial charge >= 0.3 is 5.97 Å². The molecule has 3 aromatic rings. The van der Waals surface area contributed by atoms with E-state index < -0.39 is 11.6 Å². The lowest BCUT2D eigenvalue weighted by atomic mass is 9.74. The first kappa shape index (κ1) is 22.3. The third kappa shape index (κ3) is 4.78. The van der Waals surface area contributed by atoms with Gasteiger partial charge < -0.3 is 15.5 Å². The Hall–Kier alpha value is -2.91. The minimum Gasteiger partial charge on any atom is -0.481 e. The number of aromatic nitrogens is 4. The molecular weight excluding hydrogens is 426 g/mol. The maximum atomic E-state index is 11.3. The number of carboxylic acids is 1. The van der Waals surface area contributed by atoms with Gasteiger partial charge in [-0.15, -0.1) is 11.3 Å². The van der Waals surface area contributed by atoms with Crippen LogP contribution in [0.5, 0.6) is 0 Å². The number of anilines is 2. The van der Waals surface area contributed by atoms with Crippen LogP contribution in [0, 0.1) is 25.7 Å². The topological polar surface area (TPSA) is 121 Å². The summed E-state index contributed by atoms with van der Waals surface area (Å²) in [6.07, 6.45) is 5.97. The van der Waals surface area contributed by atoms with Gasteiger partial charge in [-0.2, -0.15) is 0 Å². The van der Waals surface area contributed by atoms with Crippen molar-refractivity contribution in [2.24, 2.45) is 11.8 Å². The van der Waals surface area contributed by atoms with E-state index in [4.69, 9.17) is 0 Å². The number of pyridine rings is 1. The molecule has 1 saturated carbocycles. The fourth-order valence-corrected chi connectivity index (χ4v) is 5.21. The minimum absolute atomic E-state index is 0.0155. The third-order valence-electron chi connectivity index (χ3n) is 6.07. The minimum atomic E-state index is -1.10. The van der Waals surface area contributed by atoms with Crippen molar-refractivity contribution in [3.05, 3.63) is 47.0 Å². The first-order valence-corrected chi connectivity index (χ1v) is 11.5. The summed E-state index contributed by atoms with van der Waals surface area (Å²) < 4.78 is 0. The van der Waals surface area contributed by atoms with E-state index in [1.807, 2.05) is 32.0 Å². The molecule has 3 aromatic heterocycles. The molecule has 32 heavy (non-hydrogen) atoms. The average Bonchev–Trinajstić information content (AvgIpc) is 3.25. The van der Waals surface area contributed by atoms with Crippen molar-refractivity contribution in [2.75, 3.05) is 5.32 Å². The average molecular weight is 454 g/mol. The van der Waals surface area contributed by atoms with Crippen LogP contribution in [-0.2, 0) is 10.4 Å². The van der Waals surface area contributed by atoms with Gasteiger partial charge in [0.25, 0.3) is 0 Å². The van der Waals surface area contributed by atoms with Crippen LogP contribution >= 0.6 is 11.3 Å². The molecule has 9 heteroatoms. The number of aliphatic hydroxyl groups is 1. The highest BCUT2D eigenvalue weighted by atomic mass is 32.1. The van der Waals surface area contributed by atoms with Gasteiger partial charge in [0.2, 0.25) is 5.95 Å². The Kier molecular flexibility index (Phi) is 6.21. The second kappa shape index (κ2) is 8.91. The van der Waals surface area contributed by atoms with Crippen molar-refractivity contribution in [1.82, 2.24) is 19.9 Å². The zero-order valence-electron chi connectivity index (χ0n) is 18.4. The predicted octanol–water partition coefficient (Wildman–Crippen LogP) is 4.45. The lowest BCUT2D eigenvalue weighted by Crippen LogP contribution is -2.35. The van der Waals surface area contributed by atoms with E-state index in [9.17, 15) is 15.0 Å². The van der Waals surface area contributed by atoms with Crippen molar-refractivity contribution >= 4 is 28.9 Å². The van der Waals surface area contributed by atoms with Crippen LogP contribution in [0.15, 0.2) is 30.6 Å². The van der Waals surface area contributed by atoms with Gasteiger partial charge in [0, 0.05) is 29.5 Å². The van der Waals surface area contributed by atoms with E-state index in [0.29, 0.717) is 36.6 Å². The fraction of sp³-hybridized carbons (Fsp3) is 0.435. The molecule has 0 spiro atoms. The Morgan fingerprint density at radius 2 is 1.88 bits per heavy atom. The molecule has 0 bridgehead atoms. The number of nitrogens with zero attached hydrogens (tertiary/aromatic N) is 4. The summed E-state index contributed by atoms with van der Waals surface area (Å²) in [6.45, 7) is 5.62. The summed E-state index contributed by atoms with van der Waals surface area (Å²) in [5, 5.41) is 24.4. The van der Waals surface area contributed by atoms with E-state index in [-0.39, 0.29) is 11.8 Å². The van der Waals surface area contributed by atoms with Crippen molar-refractivity contribution in [1.29, 1.82) is 0 Å². The fourth-order valence-electron chi connectivity index (χ4n) is 4.21. The maximum absolute atomic E-state index is 11.3. The molecule has 1 fully saturated rings. The van der Waals surface area contributed by atoms with E-state index in [0.717, 1.165) is 27.6 Å². The number of thiazole rings is 1. The quantitative estimate of drug-likeness (QED) is 0.500. The Labute approximate surface area is 190 Å². The van der Waals surface area contributed by atoms with Gasteiger partial charge in [0.05, 0.1) is 16.5 Å². The zero-order valence-corrected chi connectivity index (χ0v) is 19.2. The van der Waals surface area contributed by atoms with E-state index in [1.54, 1.807) is 19.3 Å². The zero-order chi connectivity index (χ0) is 22.9. The lowest BCUT2D eigenvalue weighted by Gasteiger charge is -2.35. The van der Waals surface area contributed by atoms with Crippen LogP contribution in [0.3, 0.4) is 0 Å². The summed E-state index contributed by atoms with van der Waals surface area (Å²) in [5.41, 5.74) is 2.19. The molecule has 1 atom stereocenters. The monoisotopic (exact) mass is 453 g/mol. The molecule has 0 unspecified atom stereocenters. The van der Waals surface area contributed by atoms with Gasteiger partial charge in [-0.1, -0.05) is 0 Å². The summed E-state index contributed by atoms with van der Waals surface area (Å²) in [7, 11) is 0. The summed E-state index contributed by atoms with van der Waals surface area (Å²) in [6, 6.07) is 5.68. The largest absolute Gasteiger partial charge is 0.481 e. The van der Waals surface area contributed by atoms with Gasteiger partial charge in [0.1, 0.15) is 10.6 Å². The second-order valence-electron chi connectivity index (χ2n) is 8.59. The molecule has 168 valence electrons. The third-order valence-corrected chi connectivity index (χ3v) is 7.31. The van der Waals surface area contributed by atoms with Gasteiger partial charge in [-0.25, -0.2) is 15.0 Å². The van der Waals surface area contributed by atoms with Gasteiger partial charge in [-0.3, -0.25) is 9.78 Å². The molecule has 3 heterocycles. The highest BCUT2D eigenvalue weighted by molar-refractivity contribution is 7.15. The van der Waals surface area contributed by atoms with E-state index >= 15 is 0 Å². The smallest absolute Gasteiger partial charge is 0.306 e. The summed E-state index contributed by atoms with van der Waals surface area (Å²) in [5.74, 6) is -0.552. The van der Waals surface area contributed by atoms with E-state index in [1.165, 1.54) is 11.3 Å². The Morgan fingerprint density at radius 3 is 2.56 bits per heavy atom. The van der Waals surface area contributed by atoms with Gasteiger partial charge in [-0.05, 0) is 70.6 Å². The van der Waals surface area contributed by atoms with Crippen LogP contribution in [0.25, 0.3) is 10.6 Å². The van der Waals surface area contributed by atoms with Crippen LogP contribution < -0.4 is 5.32 Å². The Balaban J connectivity index is 1.54. The number of aryl methyl sites for hydroxylation is 2. The van der Waals surface area contributed by atoms with Crippen molar-refractivity contribution < 1.29 is 15.0 Å². The number of carbonyl (C=O) groups is 1. The highest BCUT2D eigenvalue weighted by Gasteiger charge is 2.40. The van der Waals surface area contributed by atoms with Crippen LogP contribution in [0.4, 0.5) is 11.6 Å². The molecule has 0 aromatic carbocycles. The van der Waals surface area contributed by atoms with Crippen molar-refractivity contribution in [2.45, 2.75) is 52.1 Å². The molecule has 4 rings (SSSR count).